The smallest absolute Gasteiger partial charge is 0.398 e. The van der Waals surface area contributed by atoms with E-state index in [1.165, 1.54) is 6.07 Å². The first-order chi connectivity index (χ1) is 9.79. The molecule has 2 rings (SSSR count). The number of nitrogens with two attached hydrogens (primary N) is 1. The Morgan fingerprint density at radius 3 is 2.52 bits per heavy atom. The summed E-state index contributed by atoms with van der Waals surface area (Å²) in [4.78, 5) is 12.1. The summed E-state index contributed by atoms with van der Waals surface area (Å²) in [7, 11) is 0. The molecule has 0 aromatic heterocycles. The highest BCUT2D eigenvalue weighted by Crippen LogP contribution is 2.34. The minimum absolute atomic E-state index is 0.0126. The quantitative estimate of drug-likeness (QED) is 0.838. The predicted molar refractivity (Wildman–Crippen MR) is 74.7 cm³/mol. The van der Waals surface area contributed by atoms with E-state index in [0.29, 0.717) is 5.92 Å². The molecule has 1 unspecified atom stereocenters. The number of rotatable bonds is 3. The van der Waals surface area contributed by atoms with Crippen molar-refractivity contribution >= 4 is 11.6 Å². The molecule has 0 saturated heterocycles. The van der Waals surface area contributed by atoms with E-state index >= 15 is 0 Å². The van der Waals surface area contributed by atoms with Crippen molar-refractivity contribution in [2.45, 2.75) is 44.8 Å². The van der Waals surface area contributed by atoms with Crippen LogP contribution >= 0.6 is 0 Å². The van der Waals surface area contributed by atoms with Gasteiger partial charge in [-0.05, 0) is 43.9 Å². The second kappa shape index (κ2) is 5.95. The summed E-state index contributed by atoms with van der Waals surface area (Å²) < 4.78 is 38.4. The monoisotopic (exact) mass is 300 g/mol. The molecule has 3 N–H and O–H groups in total. The van der Waals surface area contributed by atoms with E-state index in [1.807, 2.05) is 6.92 Å². The van der Waals surface area contributed by atoms with Crippen LogP contribution in [0.2, 0.25) is 0 Å². The summed E-state index contributed by atoms with van der Waals surface area (Å²) in [5, 5.41) is 2.79. The third-order valence-electron chi connectivity index (χ3n) is 4.09. The van der Waals surface area contributed by atoms with E-state index in [2.05, 4.69) is 5.32 Å². The van der Waals surface area contributed by atoms with Gasteiger partial charge in [0.2, 0.25) is 0 Å². The number of nitrogens with one attached hydrogen (secondary N) is 1. The Kier molecular flexibility index (Phi) is 4.44. The normalized spacial score (nSPS) is 17.7. The van der Waals surface area contributed by atoms with Crippen LogP contribution in [-0.2, 0) is 6.18 Å². The van der Waals surface area contributed by atoms with E-state index in [1.54, 1.807) is 0 Å². The van der Waals surface area contributed by atoms with Gasteiger partial charge in [-0.15, -0.1) is 0 Å². The lowest BCUT2D eigenvalue weighted by Gasteiger charge is -2.20. The summed E-state index contributed by atoms with van der Waals surface area (Å²) in [5.41, 5.74) is 3.97. The third kappa shape index (κ3) is 3.68. The number of halogens is 3. The van der Waals surface area contributed by atoms with Crippen molar-refractivity contribution in [3.8, 4) is 0 Å². The lowest BCUT2D eigenvalue weighted by atomic mass is 9.99. The molecule has 6 heteroatoms. The van der Waals surface area contributed by atoms with Crippen LogP contribution in [0, 0.1) is 5.92 Å². The number of carbonyl (C=O) groups is 1. The molecule has 1 aromatic rings. The minimum Gasteiger partial charge on any atom is -0.398 e. The van der Waals surface area contributed by atoms with Gasteiger partial charge in [0, 0.05) is 17.3 Å². The fourth-order valence-electron chi connectivity index (χ4n) is 2.81. The van der Waals surface area contributed by atoms with Crippen molar-refractivity contribution in [1.29, 1.82) is 0 Å². The fraction of sp³-hybridized carbons (Fsp3) is 0.533. The summed E-state index contributed by atoms with van der Waals surface area (Å²) >= 11 is 0. The van der Waals surface area contributed by atoms with Crippen molar-refractivity contribution in [3.63, 3.8) is 0 Å². The maximum Gasteiger partial charge on any atom is 0.418 e. The van der Waals surface area contributed by atoms with E-state index in [-0.39, 0.29) is 17.3 Å². The zero-order valence-electron chi connectivity index (χ0n) is 11.8. The molecule has 1 saturated carbocycles. The zero-order valence-corrected chi connectivity index (χ0v) is 11.8. The van der Waals surface area contributed by atoms with Gasteiger partial charge in [0.1, 0.15) is 0 Å². The van der Waals surface area contributed by atoms with Crippen LogP contribution in [0.15, 0.2) is 18.2 Å². The fourth-order valence-corrected chi connectivity index (χ4v) is 2.81. The molecule has 1 amide bonds. The molecule has 1 aromatic carbocycles. The van der Waals surface area contributed by atoms with Crippen molar-refractivity contribution < 1.29 is 18.0 Å². The summed E-state index contributed by atoms with van der Waals surface area (Å²) in [5.74, 6) is -0.0790. The number of carbonyl (C=O) groups excluding carboxylic acids is 1. The van der Waals surface area contributed by atoms with Gasteiger partial charge in [0.25, 0.3) is 5.91 Å². The molecule has 0 spiro atoms. The number of hydrogen-bond donors (Lipinski definition) is 2. The van der Waals surface area contributed by atoms with Crippen LogP contribution in [0.3, 0.4) is 0 Å². The number of alkyl halides is 3. The van der Waals surface area contributed by atoms with Crippen LogP contribution < -0.4 is 11.1 Å². The molecule has 0 heterocycles. The molecule has 0 bridgehead atoms. The topological polar surface area (TPSA) is 55.1 Å². The Labute approximate surface area is 121 Å². The highest BCUT2D eigenvalue weighted by Gasteiger charge is 2.33. The highest BCUT2D eigenvalue weighted by molar-refractivity contribution is 5.95. The second-order valence-electron chi connectivity index (χ2n) is 5.61. The van der Waals surface area contributed by atoms with Gasteiger partial charge >= 0.3 is 6.18 Å². The number of nitrogen functional groups attached to an aromatic ring is 1. The number of anilines is 1. The maximum absolute atomic E-state index is 12.8. The Hall–Kier alpha value is -1.72. The maximum atomic E-state index is 12.8. The molecule has 0 aliphatic heterocycles. The second-order valence-corrected chi connectivity index (χ2v) is 5.61. The van der Waals surface area contributed by atoms with Crippen molar-refractivity contribution in [2.24, 2.45) is 5.92 Å². The van der Waals surface area contributed by atoms with Crippen molar-refractivity contribution in [1.82, 2.24) is 5.32 Å². The SMILES string of the molecule is CC(NC(=O)c1ccc(N)c(C(F)(F)F)c1)C1CCCC1. The Balaban J connectivity index is 2.12. The van der Waals surface area contributed by atoms with Crippen LogP contribution in [0.25, 0.3) is 0 Å². The molecular weight excluding hydrogens is 281 g/mol. The molecule has 1 atom stereocenters. The molecule has 3 nitrogen and oxygen atoms in total. The average molecular weight is 300 g/mol. The molecule has 21 heavy (non-hydrogen) atoms. The lowest BCUT2D eigenvalue weighted by molar-refractivity contribution is -0.136. The van der Waals surface area contributed by atoms with Gasteiger partial charge in [-0.3, -0.25) is 4.79 Å². The van der Waals surface area contributed by atoms with Gasteiger partial charge in [0.15, 0.2) is 0 Å². The minimum atomic E-state index is -4.56. The zero-order chi connectivity index (χ0) is 15.6. The summed E-state index contributed by atoms with van der Waals surface area (Å²) in [6.07, 6.45) is -0.165. The van der Waals surface area contributed by atoms with E-state index in [9.17, 15) is 18.0 Å². The first-order valence-electron chi connectivity index (χ1n) is 7.06. The molecule has 1 aliphatic carbocycles. The van der Waals surface area contributed by atoms with Gasteiger partial charge in [-0.1, -0.05) is 12.8 Å². The van der Waals surface area contributed by atoms with E-state index in [0.717, 1.165) is 37.8 Å². The van der Waals surface area contributed by atoms with Crippen molar-refractivity contribution in [3.05, 3.63) is 29.3 Å². The average Bonchev–Trinajstić information content (AvgIpc) is 2.91. The molecule has 1 aliphatic rings. The number of benzene rings is 1. The van der Waals surface area contributed by atoms with Gasteiger partial charge in [-0.25, -0.2) is 0 Å². The molecular formula is C15H19F3N2O. The van der Waals surface area contributed by atoms with Crippen LogP contribution in [0.5, 0.6) is 0 Å². The van der Waals surface area contributed by atoms with E-state index < -0.39 is 17.6 Å². The highest BCUT2D eigenvalue weighted by atomic mass is 19.4. The Morgan fingerprint density at radius 1 is 1.33 bits per heavy atom. The van der Waals surface area contributed by atoms with Gasteiger partial charge in [0.05, 0.1) is 5.56 Å². The van der Waals surface area contributed by atoms with Crippen LogP contribution in [-0.4, -0.2) is 11.9 Å². The van der Waals surface area contributed by atoms with Gasteiger partial charge < -0.3 is 11.1 Å². The van der Waals surface area contributed by atoms with E-state index in [4.69, 9.17) is 5.73 Å². The van der Waals surface area contributed by atoms with Gasteiger partial charge in [-0.2, -0.15) is 13.2 Å². The van der Waals surface area contributed by atoms with Crippen LogP contribution in [0.1, 0.15) is 48.5 Å². The molecule has 0 radical (unpaired) electrons. The number of amides is 1. The standard InChI is InChI=1S/C15H19F3N2O/c1-9(10-4-2-3-5-10)20-14(21)11-6-7-13(19)12(8-11)15(16,17)18/h6-10H,2-5,19H2,1H3,(H,20,21). The third-order valence-corrected chi connectivity index (χ3v) is 4.09. The van der Waals surface area contributed by atoms with Crippen molar-refractivity contribution in [2.75, 3.05) is 5.73 Å². The first kappa shape index (κ1) is 15.7. The Bertz CT molecular complexity index is 522. The molecule has 1 fully saturated rings. The molecule has 116 valence electrons. The van der Waals surface area contributed by atoms with Crippen LogP contribution in [0.4, 0.5) is 18.9 Å². The summed E-state index contributed by atoms with van der Waals surface area (Å²) in [6, 6.07) is 3.22. The largest absolute Gasteiger partial charge is 0.418 e. The summed E-state index contributed by atoms with van der Waals surface area (Å²) in [6.45, 7) is 1.90. The first-order valence-corrected chi connectivity index (χ1v) is 7.06. The predicted octanol–water partition coefficient (Wildman–Crippen LogP) is 3.60. The Morgan fingerprint density at radius 2 is 1.95 bits per heavy atom. The lowest BCUT2D eigenvalue weighted by Crippen LogP contribution is -2.37. The number of hydrogen-bond acceptors (Lipinski definition) is 2.